The van der Waals surface area contributed by atoms with Crippen molar-refractivity contribution in [2.24, 2.45) is 0 Å². The second-order valence-electron chi connectivity index (χ2n) is 15.7. The minimum atomic E-state index is -2.00. The van der Waals surface area contributed by atoms with E-state index in [0.29, 0.717) is 0 Å². The molecule has 0 saturated carbocycles. The summed E-state index contributed by atoms with van der Waals surface area (Å²) >= 11 is 0. The normalized spacial score (nSPS) is 48.6. The summed E-state index contributed by atoms with van der Waals surface area (Å²) in [7, 11) is 0. The molecule has 0 radical (unpaired) electrons. The van der Waals surface area contributed by atoms with Crippen molar-refractivity contribution in [1.29, 1.82) is 0 Å². The van der Waals surface area contributed by atoms with Crippen LogP contribution in [0.25, 0.3) is 0 Å². The van der Waals surface area contributed by atoms with Gasteiger partial charge in [0, 0.05) is 0 Å². The molecule has 5 aliphatic heterocycles. The van der Waals surface area contributed by atoms with Crippen molar-refractivity contribution in [3.05, 3.63) is 11.4 Å². The van der Waals surface area contributed by atoms with Gasteiger partial charge in [0.2, 0.25) is 0 Å². The van der Waals surface area contributed by atoms with E-state index in [1.807, 2.05) is 0 Å². The van der Waals surface area contributed by atoms with Gasteiger partial charge in [-0.2, -0.15) is 0 Å². The number of rotatable bonds is 15. The molecule has 0 unspecified atom stereocenters. The summed E-state index contributed by atoms with van der Waals surface area (Å²) in [5.74, 6) is 0. The lowest BCUT2D eigenvalue weighted by Crippen LogP contribution is -2.66. The molecular formula is C34H57N3O26. The Kier molecular flexibility index (Phi) is 17.1. The largest absolute Gasteiger partial charge is 0.394 e. The smallest absolute Gasteiger partial charge is 0.187 e. The molecule has 63 heavy (non-hydrogen) atoms. The predicted octanol–water partition coefficient (Wildman–Crippen LogP) is -11.4. The molecule has 17 N–H and O–H groups in total. The van der Waals surface area contributed by atoms with Crippen LogP contribution in [-0.2, 0) is 55.8 Å². The Bertz CT molecular complexity index is 1580. The number of aliphatic hydroxyl groups is 17. The zero-order valence-corrected chi connectivity index (χ0v) is 33.3. The maximum absolute atomic E-state index is 11.3. The predicted molar refractivity (Wildman–Crippen MR) is 190 cm³/mol. The van der Waals surface area contributed by atoms with Gasteiger partial charge in [-0.1, -0.05) is 5.21 Å². The molecule has 0 amide bonds. The molecule has 5 aliphatic rings. The van der Waals surface area contributed by atoms with Crippen molar-refractivity contribution in [3.63, 3.8) is 0 Å². The van der Waals surface area contributed by atoms with Gasteiger partial charge in [-0.05, 0) is 6.92 Å². The van der Waals surface area contributed by atoms with E-state index in [1.54, 1.807) is 0 Å². The minimum Gasteiger partial charge on any atom is -0.394 e. The Morgan fingerprint density at radius 2 is 0.905 bits per heavy atom. The van der Waals surface area contributed by atoms with Crippen LogP contribution in [0.3, 0.4) is 0 Å². The van der Waals surface area contributed by atoms with Crippen LogP contribution in [0.4, 0.5) is 0 Å². The molecule has 29 nitrogen and oxygen atoms in total. The van der Waals surface area contributed by atoms with Crippen molar-refractivity contribution in [2.75, 3.05) is 26.4 Å². The first-order chi connectivity index (χ1) is 29.9. The fourth-order valence-electron chi connectivity index (χ4n) is 8.06. The molecule has 5 fully saturated rings. The summed E-state index contributed by atoms with van der Waals surface area (Å²) in [5, 5.41) is 185. The number of hydrogen-bond acceptors (Lipinski definition) is 28. The lowest BCUT2D eigenvalue weighted by molar-refractivity contribution is -0.374. The molecule has 0 bridgehead atoms. The van der Waals surface area contributed by atoms with Crippen LogP contribution in [0.1, 0.15) is 24.4 Å². The first-order valence-electron chi connectivity index (χ1n) is 19.9. The van der Waals surface area contributed by atoms with Gasteiger partial charge >= 0.3 is 0 Å². The fourth-order valence-corrected chi connectivity index (χ4v) is 8.06. The SMILES string of the molecule is C[C@H]1O[C@H](O[C@H]2[C@H](O)[C@@H](O)[C@@H](O[C@H]3[C@H](O)[C@@H](O)[C@H](O)O[C@@H]3CO)O[C@@H]2CO)[C@H](O)[C@@H](O)[C@@H]1n1nnc(CO[C@@H]2O[C@H](CO)[C@@H](O[C@H]3O[C@H](CO)[C@@H](O)[C@H](O)[C@H]3O)[C@H](O)[C@H]2O)c1CO. The summed E-state index contributed by atoms with van der Waals surface area (Å²) in [6.45, 7) is -3.30. The third kappa shape index (κ3) is 10.0. The zero-order valence-electron chi connectivity index (χ0n) is 33.3. The van der Waals surface area contributed by atoms with E-state index in [1.165, 1.54) is 6.92 Å². The molecule has 364 valence electrons. The Labute approximate surface area is 355 Å². The van der Waals surface area contributed by atoms with Gasteiger partial charge in [0.15, 0.2) is 31.5 Å². The number of hydrogen-bond donors (Lipinski definition) is 17. The van der Waals surface area contributed by atoms with Gasteiger partial charge in [0.1, 0.15) is 122 Å². The average Bonchev–Trinajstić information content (AvgIpc) is 3.68. The summed E-state index contributed by atoms with van der Waals surface area (Å²) in [5.41, 5.74) is -0.198. The van der Waals surface area contributed by atoms with Crippen LogP contribution in [0.2, 0.25) is 0 Å². The highest BCUT2D eigenvalue weighted by Gasteiger charge is 2.55. The quantitative estimate of drug-likeness (QED) is 0.0776. The van der Waals surface area contributed by atoms with Crippen LogP contribution in [0, 0.1) is 0 Å². The molecule has 1 aromatic rings. The van der Waals surface area contributed by atoms with Crippen molar-refractivity contribution in [1.82, 2.24) is 15.0 Å². The maximum Gasteiger partial charge on any atom is 0.187 e. The summed E-state index contributed by atoms with van der Waals surface area (Å²) in [6, 6.07) is -1.30. The van der Waals surface area contributed by atoms with Crippen LogP contribution in [-0.4, -0.2) is 276 Å². The molecule has 0 aliphatic carbocycles. The van der Waals surface area contributed by atoms with Crippen LogP contribution >= 0.6 is 0 Å². The van der Waals surface area contributed by atoms with Crippen molar-refractivity contribution >= 4 is 0 Å². The highest BCUT2D eigenvalue weighted by atomic mass is 16.8. The van der Waals surface area contributed by atoms with Crippen molar-refractivity contribution in [2.45, 2.75) is 174 Å². The molecule has 0 spiro atoms. The van der Waals surface area contributed by atoms with E-state index >= 15 is 0 Å². The Balaban J connectivity index is 1.08. The Morgan fingerprint density at radius 3 is 1.43 bits per heavy atom. The second kappa shape index (κ2) is 21.4. The number of nitrogens with zero attached hydrogens (tertiary/aromatic N) is 3. The standard InChI is InChI=1S/C34H57N3O26/c1-8-15(17(44)23(50)32(56-8)61-29-14(6-42)60-34(26(53)21(29)48)62-27-12(4-40)57-30(54)22(49)19(27)46)37-10(2-38)9(35-36-37)7-55-31-25(52)20(47)28(13(5-41)59-31)63-33-24(51)18(45)16(43)11(3-39)58-33/h8,11-34,38-54H,2-7H2,1H3/t8-,11-,12-,13-,14-,15-,16-,17+,18+,19-,20-,21-,22-,23-,24-,25-,26-,27-,28-,29-,30-,31-,32-,33-,34-/m1/s1. The third-order valence-corrected chi connectivity index (χ3v) is 11.7. The lowest BCUT2D eigenvalue weighted by Gasteiger charge is -2.48. The van der Waals surface area contributed by atoms with Gasteiger partial charge in [0.25, 0.3) is 0 Å². The number of aliphatic hydroxyl groups excluding tert-OH is 17. The van der Waals surface area contributed by atoms with Crippen LogP contribution in [0.5, 0.6) is 0 Å². The van der Waals surface area contributed by atoms with E-state index in [9.17, 15) is 86.8 Å². The average molecular weight is 924 g/mol. The molecule has 6 rings (SSSR count). The van der Waals surface area contributed by atoms with E-state index < -0.39 is 193 Å². The van der Waals surface area contributed by atoms with Crippen LogP contribution in [0.15, 0.2) is 0 Å². The molecule has 6 heterocycles. The summed E-state index contributed by atoms with van der Waals surface area (Å²) < 4.78 is 50.8. The zero-order chi connectivity index (χ0) is 46.2. The fraction of sp³-hybridized carbons (Fsp3) is 0.941. The van der Waals surface area contributed by atoms with E-state index in [-0.39, 0.29) is 11.4 Å². The highest BCUT2D eigenvalue weighted by molar-refractivity contribution is 5.11. The van der Waals surface area contributed by atoms with E-state index in [2.05, 4.69) is 10.3 Å². The Morgan fingerprint density at radius 1 is 0.476 bits per heavy atom. The molecule has 25 atom stereocenters. The van der Waals surface area contributed by atoms with E-state index in [0.717, 1.165) is 4.68 Å². The van der Waals surface area contributed by atoms with Gasteiger partial charge in [-0.25, -0.2) is 4.68 Å². The second-order valence-corrected chi connectivity index (χ2v) is 15.7. The van der Waals surface area contributed by atoms with E-state index in [4.69, 9.17) is 42.6 Å². The molecule has 0 aromatic carbocycles. The number of aromatic nitrogens is 3. The van der Waals surface area contributed by atoms with Crippen molar-refractivity contribution in [3.8, 4) is 0 Å². The monoisotopic (exact) mass is 923 g/mol. The summed E-state index contributed by atoms with van der Waals surface area (Å²) in [4.78, 5) is 0. The van der Waals surface area contributed by atoms with Gasteiger partial charge in [-0.3, -0.25) is 0 Å². The molecular weight excluding hydrogens is 866 g/mol. The number of ether oxygens (including phenoxy) is 9. The van der Waals surface area contributed by atoms with Crippen LogP contribution < -0.4 is 0 Å². The van der Waals surface area contributed by atoms with Gasteiger partial charge in [-0.15, -0.1) is 5.10 Å². The first-order valence-corrected chi connectivity index (χ1v) is 19.9. The van der Waals surface area contributed by atoms with Crippen molar-refractivity contribution < 1.29 is 129 Å². The maximum atomic E-state index is 11.3. The van der Waals surface area contributed by atoms with Gasteiger partial charge < -0.3 is 129 Å². The minimum absolute atomic E-state index is 0.0981. The highest BCUT2D eigenvalue weighted by Crippen LogP contribution is 2.36. The topological polar surface area (TPSA) is 458 Å². The third-order valence-electron chi connectivity index (χ3n) is 11.7. The molecule has 29 heteroatoms. The molecule has 5 saturated heterocycles. The first kappa shape index (κ1) is 50.5. The Hall–Kier alpha value is -1.90. The lowest BCUT2D eigenvalue weighted by atomic mass is 9.95. The summed E-state index contributed by atoms with van der Waals surface area (Å²) in [6.07, 6.45) is -41.5. The van der Waals surface area contributed by atoms with Gasteiger partial charge in [0.05, 0.1) is 51.4 Å². The molecule has 1 aromatic heterocycles.